The first-order valence-electron chi connectivity index (χ1n) is 9.03. The van der Waals surface area contributed by atoms with Crippen LogP contribution in [0.4, 0.5) is 16.2 Å². The second kappa shape index (κ2) is 6.85. The van der Waals surface area contributed by atoms with Gasteiger partial charge in [-0.25, -0.2) is 14.4 Å². The number of rotatable bonds is 2. The van der Waals surface area contributed by atoms with Crippen molar-refractivity contribution in [3.05, 3.63) is 35.5 Å². The predicted molar refractivity (Wildman–Crippen MR) is 102 cm³/mol. The Morgan fingerprint density at radius 2 is 1.86 bits per heavy atom. The van der Waals surface area contributed by atoms with E-state index in [0.717, 1.165) is 11.3 Å². The lowest BCUT2D eigenvalue weighted by atomic mass is 10.1. The van der Waals surface area contributed by atoms with Crippen LogP contribution >= 0.6 is 0 Å². The molecule has 0 aliphatic carbocycles. The van der Waals surface area contributed by atoms with E-state index in [-0.39, 0.29) is 5.57 Å². The molecule has 2 aliphatic rings. The van der Waals surface area contributed by atoms with Gasteiger partial charge in [0, 0.05) is 37.8 Å². The molecule has 1 aromatic carbocycles. The van der Waals surface area contributed by atoms with Crippen LogP contribution in [0.5, 0.6) is 0 Å². The third-order valence-corrected chi connectivity index (χ3v) is 4.13. The summed E-state index contributed by atoms with van der Waals surface area (Å²) >= 11 is 0. The summed E-state index contributed by atoms with van der Waals surface area (Å²) < 4.78 is 15.6. The van der Waals surface area contributed by atoms with Crippen LogP contribution < -0.4 is 10.2 Å². The lowest BCUT2D eigenvalue weighted by Crippen LogP contribution is -2.42. The zero-order valence-corrected chi connectivity index (χ0v) is 16.6. The Hall–Kier alpha value is -3.03. The SMILES string of the molecule is CC(C)(C)OC(=O)N1CCc2c(NC=C3C(=O)OC(C)(C)OC3=O)cccc21. The molecule has 1 amide bonds. The number of carbonyl (C=O) groups excluding carboxylic acids is 3. The van der Waals surface area contributed by atoms with Crippen molar-refractivity contribution in [3.8, 4) is 0 Å². The minimum Gasteiger partial charge on any atom is -0.443 e. The summed E-state index contributed by atoms with van der Waals surface area (Å²) in [5, 5.41) is 2.97. The number of fused-ring (bicyclic) bond motifs is 1. The van der Waals surface area contributed by atoms with E-state index in [1.165, 1.54) is 20.0 Å². The van der Waals surface area contributed by atoms with E-state index in [1.807, 2.05) is 26.8 Å². The van der Waals surface area contributed by atoms with Crippen LogP contribution in [0, 0.1) is 0 Å². The summed E-state index contributed by atoms with van der Waals surface area (Å²) in [5.41, 5.74) is 1.49. The highest BCUT2D eigenvalue weighted by Gasteiger charge is 2.39. The molecule has 28 heavy (non-hydrogen) atoms. The van der Waals surface area contributed by atoms with E-state index in [2.05, 4.69) is 5.32 Å². The summed E-state index contributed by atoms with van der Waals surface area (Å²) in [7, 11) is 0. The highest BCUT2D eigenvalue weighted by molar-refractivity contribution is 6.15. The molecule has 8 heteroatoms. The molecule has 0 spiro atoms. The van der Waals surface area contributed by atoms with E-state index >= 15 is 0 Å². The Bertz CT molecular complexity index is 844. The van der Waals surface area contributed by atoms with E-state index < -0.39 is 29.4 Å². The molecular weight excluding hydrogens is 364 g/mol. The molecule has 0 radical (unpaired) electrons. The van der Waals surface area contributed by atoms with Crippen molar-refractivity contribution in [1.29, 1.82) is 0 Å². The van der Waals surface area contributed by atoms with Gasteiger partial charge in [0.25, 0.3) is 5.79 Å². The molecule has 1 fully saturated rings. The summed E-state index contributed by atoms with van der Waals surface area (Å²) in [6.07, 6.45) is 1.47. The molecule has 150 valence electrons. The highest BCUT2D eigenvalue weighted by Crippen LogP contribution is 2.35. The van der Waals surface area contributed by atoms with Gasteiger partial charge >= 0.3 is 18.0 Å². The number of nitrogens with zero attached hydrogens (tertiary/aromatic N) is 1. The zero-order valence-electron chi connectivity index (χ0n) is 16.6. The topological polar surface area (TPSA) is 94.2 Å². The number of hydrogen-bond donors (Lipinski definition) is 1. The molecule has 0 saturated carbocycles. The Balaban J connectivity index is 1.80. The molecule has 0 atom stereocenters. The predicted octanol–water partition coefficient (Wildman–Crippen LogP) is 3.12. The lowest BCUT2D eigenvalue weighted by molar-refractivity contribution is -0.222. The Labute approximate surface area is 163 Å². The smallest absolute Gasteiger partial charge is 0.414 e. The van der Waals surface area contributed by atoms with Gasteiger partial charge in [-0.05, 0) is 39.3 Å². The van der Waals surface area contributed by atoms with Crippen molar-refractivity contribution < 1.29 is 28.6 Å². The zero-order chi connectivity index (χ0) is 20.7. The average molecular weight is 388 g/mol. The van der Waals surface area contributed by atoms with E-state index in [0.29, 0.717) is 18.7 Å². The minimum atomic E-state index is -1.28. The van der Waals surface area contributed by atoms with E-state index in [1.54, 1.807) is 17.0 Å². The number of carbonyl (C=O) groups is 3. The third-order valence-electron chi connectivity index (χ3n) is 4.13. The second-order valence-corrected chi connectivity index (χ2v) is 8.07. The molecule has 0 bridgehead atoms. The number of ether oxygens (including phenoxy) is 3. The fourth-order valence-electron chi connectivity index (χ4n) is 3.00. The van der Waals surface area contributed by atoms with Crippen LogP contribution in [0.15, 0.2) is 30.0 Å². The molecule has 1 N–H and O–H groups in total. The average Bonchev–Trinajstić information content (AvgIpc) is 2.96. The molecule has 1 saturated heterocycles. The van der Waals surface area contributed by atoms with Crippen molar-refractivity contribution >= 4 is 29.4 Å². The molecular formula is C20H24N2O6. The van der Waals surface area contributed by atoms with E-state index in [9.17, 15) is 14.4 Å². The molecule has 2 heterocycles. The van der Waals surface area contributed by atoms with Crippen LogP contribution in [0.2, 0.25) is 0 Å². The van der Waals surface area contributed by atoms with Gasteiger partial charge < -0.3 is 19.5 Å². The Morgan fingerprint density at radius 3 is 2.46 bits per heavy atom. The molecule has 8 nitrogen and oxygen atoms in total. The number of nitrogens with one attached hydrogen (secondary N) is 1. The lowest BCUT2D eigenvalue weighted by Gasteiger charge is -2.29. The normalized spacial score (nSPS) is 18.2. The maximum Gasteiger partial charge on any atom is 0.414 e. The number of anilines is 2. The first kappa shape index (κ1) is 19.7. The van der Waals surface area contributed by atoms with Crippen LogP contribution in [-0.2, 0) is 30.2 Å². The summed E-state index contributed by atoms with van der Waals surface area (Å²) in [4.78, 5) is 38.1. The second-order valence-electron chi connectivity index (χ2n) is 8.07. The number of hydrogen-bond acceptors (Lipinski definition) is 7. The monoisotopic (exact) mass is 388 g/mol. The first-order chi connectivity index (χ1) is 13.0. The summed E-state index contributed by atoms with van der Waals surface area (Å²) in [6, 6.07) is 5.41. The van der Waals surface area contributed by atoms with Crippen molar-refractivity contribution in [3.63, 3.8) is 0 Å². The maximum absolute atomic E-state index is 12.4. The van der Waals surface area contributed by atoms with Crippen molar-refractivity contribution in [2.45, 2.75) is 52.4 Å². The van der Waals surface area contributed by atoms with Gasteiger partial charge in [-0.1, -0.05) is 6.07 Å². The van der Waals surface area contributed by atoms with Gasteiger partial charge in [-0.15, -0.1) is 0 Å². The number of esters is 2. The number of amides is 1. The van der Waals surface area contributed by atoms with Crippen molar-refractivity contribution in [1.82, 2.24) is 0 Å². The van der Waals surface area contributed by atoms with Crippen LogP contribution in [0.25, 0.3) is 0 Å². The minimum absolute atomic E-state index is 0.223. The summed E-state index contributed by atoms with van der Waals surface area (Å²) in [5.74, 6) is -2.79. The largest absolute Gasteiger partial charge is 0.443 e. The fraction of sp³-hybridized carbons (Fsp3) is 0.450. The summed E-state index contributed by atoms with van der Waals surface area (Å²) in [6.45, 7) is 8.91. The standard InChI is InChI=1S/C20H24N2O6/c1-19(2,3)28-18(25)22-10-9-12-14(7-6-8-15(12)22)21-11-13-16(23)26-20(4,5)27-17(13)24/h6-8,11,21H,9-10H2,1-5H3. The van der Waals surface area contributed by atoms with Gasteiger partial charge in [0.05, 0.1) is 5.69 Å². The number of cyclic esters (lactones) is 2. The Morgan fingerprint density at radius 1 is 1.21 bits per heavy atom. The van der Waals surface area contributed by atoms with Crippen LogP contribution in [0.1, 0.15) is 40.2 Å². The van der Waals surface area contributed by atoms with Gasteiger partial charge in [-0.2, -0.15) is 0 Å². The van der Waals surface area contributed by atoms with Crippen molar-refractivity contribution in [2.75, 3.05) is 16.8 Å². The fourth-order valence-corrected chi connectivity index (χ4v) is 3.00. The highest BCUT2D eigenvalue weighted by atomic mass is 16.7. The molecule has 3 rings (SSSR count). The molecule has 2 aliphatic heterocycles. The van der Waals surface area contributed by atoms with Crippen LogP contribution in [-0.4, -0.2) is 36.0 Å². The first-order valence-corrected chi connectivity index (χ1v) is 9.03. The third kappa shape index (κ3) is 4.11. The molecule has 0 unspecified atom stereocenters. The van der Waals surface area contributed by atoms with Gasteiger partial charge in [0.15, 0.2) is 5.57 Å². The van der Waals surface area contributed by atoms with Crippen LogP contribution in [0.3, 0.4) is 0 Å². The molecule has 1 aromatic rings. The number of benzene rings is 1. The Kier molecular flexibility index (Phi) is 4.82. The maximum atomic E-state index is 12.4. The quantitative estimate of drug-likeness (QED) is 0.472. The van der Waals surface area contributed by atoms with Gasteiger partial charge in [-0.3, -0.25) is 4.90 Å². The van der Waals surface area contributed by atoms with Gasteiger partial charge in [0.1, 0.15) is 5.60 Å². The van der Waals surface area contributed by atoms with Crippen molar-refractivity contribution in [2.24, 2.45) is 0 Å². The van der Waals surface area contributed by atoms with E-state index in [4.69, 9.17) is 14.2 Å². The molecule has 0 aromatic heterocycles. The van der Waals surface area contributed by atoms with Gasteiger partial charge in [0.2, 0.25) is 0 Å².